The fraction of sp³-hybridized carbons (Fsp3) is 0.667. The van der Waals surface area contributed by atoms with Gasteiger partial charge in [-0.1, -0.05) is 16.8 Å². The summed E-state index contributed by atoms with van der Waals surface area (Å²) in [6.45, 7) is 1.04. The van der Waals surface area contributed by atoms with E-state index in [9.17, 15) is 4.79 Å². The maximum Gasteiger partial charge on any atom is 0.316 e. The van der Waals surface area contributed by atoms with Crippen molar-refractivity contribution in [3.05, 3.63) is 29.1 Å². The van der Waals surface area contributed by atoms with E-state index in [1.807, 2.05) is 0 Å². The van der Waals surface area contributed by atoms with Crippen LogP contribution >= 0.6 is 11.6 Å². The first-order valence-electron chi connectivity index (χ1n) is 9.36. The van der Waals surface area contributed by atoms with Crippen LogP contribution in [0, 0.1) is 23.2 Å². The zero-order valence-corrected chi connectivity index (χ0v) is 15.3. The molecule has 4 saturated carbocycles. The van der Waals surface area contributed by atoms with Gasteiger partial charge >= 0.3 is 11.8 Å². The van der Waals surface area contributed by atoms with Crippen LogP contribution in [0.3, 0.4) is 0 Å². The van der Waals surface area contributed by atoms with E-state index in [0.717, 1.165) is 24.3 Å². The lowest BCUT2D eigenvalue weighted by atomic mass is 9.49. The molecule has 8 heteroatoms. The lowest BCUT2D eigenvalue weighted by Crippen LogP contribution is -2.51. The molecule has 0 saturated heterocycles. The molecule has 138 valence electrons. The Hall–Kier alpha value is -1.89. The second kappa shape index (κ2) is 6.08. The Kier molecular flexibility index (Phi) is 3.81. The van der Waals surface area contributed by atoms with Gasteiger partial charge in [-0.25, -0.2) is 0 Å². The molecule has 0 aliphatic heterocycles. The van der Waals surface area contributed by atoms with Crippen LogP contribution in [0.1, 0.15) is 55.0 Å². The van der Waals surface area contributed by atoms with Crippen LogP contribution in [0.2, 0.25) is 5.02 Å². The highest BCUT2D eigenvalue weighted by atomic mass is 35.5. The molecule has 2 heterocycles. The van der Waals surface area contributed by atoms with E-state index in [1.165, 1.54) is 38.5 Å². The zero-order valence-electron chi connectivity index (χ0n) is 14.5. The van der Waals surface area contributed by atoms with Gasteiger partial charge in [0.15, 0.2) is 5.82 Å². The molecular formula is C18H22ClN5O2. The average Bonchev–Trinajstić information content (AvgIpc) is 3.21. The van der Waals surface area contributed by atoms with Crippen LogP contribution in [0.15, 0.2) is 16.9 Å². The summed E-state index contributed by atoms with van der Waals surface area (Å²) in [6.07, 6.45) is 11.2. The Morgan fingerprint density at radius 1 is 1.27 bits per heavy atom. The number of hydrogen-bond donors (Lipinski definition) is 1. The summed E-state index contributed by atoms with van der Waals surface area (Å²) in [5.41, 5.74) is 0.291. The minimum Gasteiger partial charge on any atom is -0.347 e. The molecule has 4 aliphatic carbocycles. The number of hydrogen-bond acceptors (Lipinski definition) is 5. The molecule has 0 spiro atoms. The van der Waals surface area contributed by atoms with E-state index < -0.39 is 0 Å². The first-order valence-corrected chi connectivity index (χ1v) is 9.73. The van der Waals surface area contributed by atoms with Crippen molar-refractivity contribution < 1.29 is 9.32 Å². The minimum atomic E-state index is -0.280. The van der Waals surface area contributed by atoms with Crippen molar-refractivity contribution in [3.8, 4) is 0 Å². The van der Waals surface area contributed by atoms with Gasteiger partial charge in [0.25, 0.3) is 0 Å². The first-order chi connectivity index (χ1) is 12.6. The van der Waals surface area contributed by atoms with E-state index in [0.29, 0.717) is 22.8 Å². The number of amides is 1. The first kappa shape index (κ1) is 16.3. The van der Waals surface area contributed by atoms with Crippen molar-refractivity contribution in [2.75, 3.05) is 6.54 Å². The zero-order chi connectivity index (χ0) is 17.7. The normalized spacial score (nSPS) is 32.1. The molecule has 4 fully saturated rings. The van der Waals surface area contributed by atoms with Crippen molar-refractivity contribution in [3.63, 3.8) is 0 Å². The Morgan fingerprint density at radius 3 is 2.58 bits per heavy atom. The molecule has 1 N–H and O–H groups in total. The van der Waals surface area contributed by atoms with Crippen molar-refractivity contribution in [1.82, 2.24) is 25.2 Å². The second-order valence-electron chi connectivity index (χ2n) is 8.47. The quantitative estimate of drug-likeness (QED) is 0.868. The predicted octanol–water partition coefficient (Wildman–Crippen LogP) is 2.91. The standard InChI is InChI=1S/C18H22ClN5O2/c19-14-7-21-24(8-14)9-15-22-17(26-23-15)16(25)20-10-18-4-11-1-12(5-18)3-13(2-11)6-18/h7-8,11-13H,1-6,9-10H2,(H,20,25). The summed E-state index contributed by atoms with van der Waals surface area (Å²) in [7, 11) is 0. The molecule has 1 amide bonds. The van der Waals surface area contributed by atoms with E-state index >= 15 is 0 Å². The summed E-state index contributed by atoms with van der Waals surface area (Å²) in [4.78, 5) is 16.6. The van der Waals surface area contributed by atoms with E-state index in [1.54, 1.807) is 17.1 Å². The van der Waals surface area contributed by atoms with Crippen molar-refractivity contribution in [2.45, 2.75) is 45.1 Å². The highest BCUT2D eigenvalue weighted by molar-refractivity contribution is 6.30. The molecule has 0 unspecified atom stereocenters. The third kappa shape index (κ3) is 3.02. The summed E-state index contributed by atoms with van der Waals surface area (Å²) in [5, 5.41) is 11.5. The fourth-order valence-corrected chi connectivity index (χ4v) is 5.99. The topological polar surface area (TPSA) is 85.8 Å². The van der Waals surface area contributed by atoms with Gasteiger partial charge in [-0.15, -0.1) is 0 Å². The van der Waals surface area contributed by atoms with E-state index in [2.05, 4.69) is 20.6 Å². The molecule has 7 nitrogen and oxygen atoms in total. The summed E-state index contributed by atoms with van der Waals surface area (Å²) < 4.78 is 6.73. The van der Waals surface area contributed by atoms with E-state index in [4.69, 9.17) is 16.1 Å². The van der Waals surface area contributed by atoms with Gasteiger partial charge in [-0.2, -0.15) is 10.1 Å². The van der Waals surface area contributed by atoms with Crippen molar-refractivity contribution in [1.29, 1.82) is 0 Å². The van der Waals surface area contributed by atoms with Crippen LogP contribution in [0.25, 0.3) is 0 Å². The SMILES string of the molecule is O=C(NCC12CC3CC(CC(C3)C1)C2)c1nc(Cn2cc(Cl)cn2)no1. The summed E-state index contributed by atoms with van der Waals surface area (Å²) in [5.74, 6) is 2.75. The second-order valence-corrected chi connectivity index (χ2v) is 8.91. The molecule has 6 rings (SSSR count). The molecule has 4 aliphatic rings. The fourth-order valence-electron chi connectivity index (χ4n) is 5.83. The number of nitrogens with one attached hydrogen (secondary N) is 1. The van der Waals surface area contributed by atoms with Gasteiger partial charge in [0.1, 0.15) is 6.54 Å². The monoisotopic (exact) mass is 375 g/mol. The minimum absolute atomic E-state index is 0.0166. The average molecular weight is 376 g/mol. The number of halogens is 1. The molecule has 0 radical (unpaired) electrons. The van der Waals surface area contributed by atoms with Crippen LogP contribution in [-0.2, 0) is 6.54 Å². The number of carbonyl (C=O) groups is 1. The molecule has 26 heavy (non-hydrogen) atoms. The predicted molar refractivity (Wildman–Crippen MR) is 93.6 cm³/mol. The van der Waals surface area contributed by atoms with Crippen LogP contribution < -0.4 is 5.32 Å². The smallest absolute Gasteiger partial charge is 0.316 e. The maximum absolute atomic E-state index is 12.5. The van der Waals surface area contributed by atoms with Crippen molar-refractivity contribution in [2.24, 2.45) is 23.2 Å². The number of aromatic nitrogens is 4. The third-order valence-electron chi connectivity index (χ3n) is 6.36. The van der Waals surface area contributed by atoms with Gasteiger partial charge in [-0.05, 0) is 61.7 Å². The molecule has 0 atom stereocenters. The molecule has 2 aromatic heterocycles. The number of nitrogens with zero attached hydrogens (tertiary/aromatic N) is 4. The Bertz CT molecular complexity index is 794. The Morgan fingerprint density at radius 2 is 1.96 bits per heavy atom. The molecule has 2 aromatic rings. The number of carbonyl (C=O) groups excluding carboxylic acids is 1. The largest absolute Gasteiger partial charge is 0.347 e. The highest BCUT2D eigenvalue weighted by Crippen LogP contribution is 2.59. The molecule has 0 aromatic carbocycles. The summed E-state index contributed by atoms with van der Waals surface area (Å²) >= 11 is 5.84. The van der Waals surface area contributed by atoms with Gasteiger partial charge in [0, 0.05) is 12.7 Å². The van der Waals surface area contributed by atoms with Gasteiger partial charge in [0.05, 0.1) is 11.2 Å². The third-order valence-corrected chi connectivity index (χ3v) is 6.55. The lowest BCUT2D eigenvalue weighted by molar-refractivity contribution is -0.0504. The van der Waals surface area contributed by atoms with E-state index in [-0.39, 0.29) is 11.8 Å². The molecule has 4 bridgehead atoms. The van der Waals surface area contributed by atoms with Gasteiger partial charge in [-0.3, -0.25) is 9.48 Å². The Balaban J connectivity index is 1.21. The van der Waals surface area contributed by atoms with Crippen LogP contribution in [0.5, 0.6) is 0 Å². The summed E-state index contributed by atoms with van der Waals surface area (Å²) in [6, 6.07) is 0. The van der Waals surface area contributed by atoms with Crippen molar-refractivity contribution >= 4 is 17.5 Å². The van der Waals surface area contributed by atoms with Crippen LogP contribution in [0.4, 0.5) is 0 Å². The lowest BCUT2D eigenvalue weighted by Gasteiger charge is -2.56. The maximum atomic E-state index is 12.5. The van der Waals surface area contributed by atoms with Gasteiger partial charge in [0.2, 0.25) is 0 Å². The highest BCUT2D eigenvalue weighted by Gasteiger charge is 2.50. The number of rotatable bonds is 5. The molecular weight excluding hydrogens is 354 g/mol. The van der Waals surface area contributed by atoms with Crippen LogP contribution in [-0.4, -0.2) is 32.4 Å². The van der Waals surface area contributed by atoms with Gasteiger partial charge < -0.3 is 9.84 Å². The Labute approximate surface area is 156 Å².